The Hall–Kier alpha value is -0.300. The van der Waals surface area contributed by atoms with Gasteiger partial charge in [-0.2, -0.15) is 0 Å². The molecule has 0 atom stereocenters. The Labute approximate surface area is 102 Å². The van der Waals surface area contributed by atoms with Crippen LogP contribution in [-0.4, -0.2) is 6.54 Å². The van der Waals surface area contributed by atoms with Crippen LogP contribution in [0.2, 0.25) is 0 Å². The third-order valence-electron chi connectivity index (χ3n) is 2.94. The molecule has 0 bridgehead atoms. The molecule has 1 radical (unpaired) electrons. The van der Waals surface area contributed by atoms with E-state index < -0.39 is 0 Å². The topological polar surface area (TPSA) is 23.8 Å². The van der Waals surface area contributed by atoms with Gasteiger partial charge < -0.3 is 0 Å². The van der Waals surface area contributed by atoms with Crippen molar-refractivity contribution in [3.8, 4) is 0 Å². The van der Waals surface area contributed by atoms with Gasteiger partial charge in [-0.1, -0.05) is 64.0 Å². The molecule has 0 saturated carbocycles. The van der Waals surface area contributed by atoms with Crippen molar-refractivity contribution in [3.05, 3.63) is 12.2 Å². The lowest BCUT2D eigenvalue weighted by atomic mass is 10.1. The van der Waals surface area contributed by atoms with Gasteiger partial charge in [0, 0.05) is 6.54 Å². The van der Waals surface area contributed by atoms with E-state index in [0.29, 0.717) is 6.54 Å². The quantitative estimate of drug-likeness (QED) is 0.324. The van der Waals surface area contributed by atoms with E-state index in [9.17, 15) is 0 Å². The standard InChI is InChI=1S/C15H30N/c1-2-3-4-5-6-7-8-9-10-11-12-13-14-15-16/h5-6,16H,2-4,7-15H2,1H3. The van der Waals surface area contributed by atoms with Gasteiger partial charge in [-0.3, -0.25) is 5.73 Å². The summed E-state index contributed by atoms with van der Waals surface area (Å²) in [6.07, 6.45) is 19.1. The Kier molecular flexibility index (Phi) is 14.4. The Morgan fingerprint density at radius 3 is 1.75 bits per heavy atom. The van der Waals surface area contributed by atoms with E-state index in [2.05, 4.69) is 19.1 Å². The van der Waals surface area contributed by atoms with Crippen LogP contribution in [0.3, 0.4) is 0 Å². The van der Waals surface area contributed by atoms with E-state index >= 15 is 0 Å². The summed E-state index contributed by atoms with van der Waals surface area (Å²) < 4.78 is 0. The van der Waals surface area contributed by atoms with Gasteiger partial charge in [0.05, 0.1) is 0 Å². The lowest BCUT2D eigenvalue weighted by Gasteiger charge is -1.99. The van der Waals surface area contributed by atoms with Crippen LogP contribution >= 0.6 is 0 Å². The van der Waals surface area contributed by atoms with E-state index in [1.807, 2.05) is 0 Å². The van der Waals surface area contributed by atoms with E-state index in [0.717, 1.165) is 6.42 Å². The van der Waals surface area contributed by atoms with E-state index in [-0.39, 0.29) is 0 Å². The van der Waals surface area contributed by atoms with Gasteiger partial charge in [0.15, 0.2) is 0 Å². The maximum absolute atomic E-state index is 7.04. The van der Waals surface area contributed by atoms with Crippen molar-refractivity contribution in [1.82, 2.24) is 5.73 Å². The van der Waals surface area contributed by atoms with E-state index in [1.165, 1.54) is 64.2 Å². The first-order valence-electron chi connectivity index (χ1n) is 7.21. The fraction of sp³-hybridized carbons (Fsp3) is 0.867. The van der Waals surface area contributed by atoms with Crippen molar-refractivity contribution in [2.24, 2.45) is 0 Å². The minimum Gasteiger partial charge on any atom is -0.258 e. The lowest BCUT2D eigenvalue weighted by Crippen LogP contribution is -1.85. The minimum absolute atomic E-state index is 0.614. The van der Waals surface area contributed by atoms with Gasteiger partial charge in [0.2, 0.25) is 0 Å². The number of allylic oxidation sites excluding steroid dienone is 2. The van der Waals surface area contributed by atoms with Crippen LogP contribution < -0.4 is 5.73 Å². The highest BCUT2D eigenvalue weighted by Gasteiger charge is 1.90. The predicted octanol–water partition coefficient (Wildman–Crippen LogP) is 5.14. The molecule has 0 aromatic heterocycles. The van der Waals surface area contributed by atoms with Gasteiger partial charge in [0.1, 0.15) is 0 Å². The van der Waals surface area contributed by atoms with Crippen molar-refractivity contribution < 1.29 is 0 Å². The third-order valence-corrected chi connectivity index (χ3v) is 2.94. The Morgan fingerprint density at radius 2 is 1.19 bits per heavy atom. The van der Waals surface area contributed by atoms with Gasteiger partial charge in [-0.15, -0.1) is 0 Å². The summed E-state index contributed by atoms with van der Waals surface area (Å²) in [5.41, 5.74) is 7.04. The molecule has 0 aliphatic rings. The van der Waals surface area contributed by atoms with Crippen LogP contribution in [0.4, 0.5) is 0 Å². The maximum Gasteiger partial charge on any atom is 0.00997 e. The second-order valence-corrected chi connectivity index (χ2v) is 4.63. The number of unbranched alkanes of at least 4 members (excludes halogenated alkanes) is 9. The summed E-state index contributed by atoms with van der Waals surface area (Å²) in [5.74, 6) is 0. The molecular formula is C15H30N. The zero-order valence-electron chi connectivity index (χ0n) is 11.1. The maximum atomic E-state index is 7.04. The van der Waals surface area contributed by atoms with Crippen molar-refractivity contribution in [3.63, 3.8) is 0 Å². The molecular weight excluding hydrogens is 194 g/mol. The van der Waals surface area contributed by atoms with Gasteiger partial charge >= 0.3 is 0 Å². The van der Waals surface area contributed by atoms with Crippen LogP contribution in [0.25, 0.3) is 0 Å². The summed E-state index contributed by atoms with van der Waals surface area (Å²) in [6.45, 7) is 2.86. The molecule has 1 heteroatoms. The Bertz CT molecular complexity index is 140. The van der Waals surface area contributed by atoms with Crippen molar-refractivity contribution >= 4 is 0 Å². The molecule has 0 saturated heterocycles. The Balaban J connectivity index is 2.95. The number of hydrogen-bond donors (Lipinski definition) is 0. The first-order chi connectivity index (χ1) is 7.91. The van der Waals surface area contributed by atoms with Crippen LogP contribution in [0.5, 0.6) is 0 Å². The second-order valence-electron chi connectivity index (χ2n) is 4.63. The molecule has 0 rings (SSSR count). The highest BCUT2D eigenvalue weighted by Crippen LogP contribution is 2.08. The van der Waals surface area contributed by atoms with E-state index in [4.69, 9.17) is 5.73 Å². The fourth-order valence-corrected chi connectivity index (χ4v) is 1.83. The summed E-state index contributed by atoms with van der Waals surface area (Å²) in [5, 5.41) is 0. The summed E-state index contributed by atoms with van der Waals surface area (Å²) >= 11 is 0. The number of rotatable bonds is 12. The number of hydrogen-bond acceptors (Lipinski definition) is 0. The summed E-state index contributed by atoms with van der Waals surface area (Å²) in [7, 11) is 0. The van der Waals surface area contributed by atoms with Gasteiger partial charge in [-0.25, -0.2) is 0 Å². The zero-order chi connectivity index (χ0) is 11.9. The molecule has 0 fully saturated rings. The molecule has 0 aromatic carbocycles. The van der Waals surface area contributed by atoms with Crippen molar-refractivity contribution in [2.75, 3.05) is 6.54 Å². The van der Waals surface area contributed by atoms with Crippen molar-refractivity contribution in [2.45, 2.75) is 77.6 Å². The lowest BCUT2D eigenvalue weighted by molar-refractivity contribution is 0.582. The summed E-state index contributed by atoms with van der Waals surface area (Å²) in [4.78, 5) is 0. The van der Waals surface area contributed by atoms with Gasteiger partial charge in [0.25, 0.3) is 0 Å². The molecule has 0 amide bonds. The van der Waals surface area contributed by atoms with Crippen LogP contribution in [0.1, 0.15) is 77.6 Å². The molecule has 0 heterocycles. The predicted molar refractivity (Wildman–Crippen MR) is 73.6 cm³/mol. The van der Waals surface area contributed by atoms with Crippen LogP contribution in [0, 0.1) is 0 Å². The molecule has 0 spiro atoms. The SMILES string of the molecule is CCCCC=CCCCCCCCCC[NH]. The second kappa shape index (κ2) is 14.7. The number of nitrogens with one attached hydrogen (secondary N) is 1. The average molecular weight is 224 g/mol. The molecule has 95 valence electrons. The first kappa shape index (κ1) is 15.7. The normalized spacial score (nSPS) is 11.4. The third kappa shape index (κ3) is 13.7. The highest BCUT2D eigenvalue weighted by molar-refractivity contribution is 4.81. The fourth-order valence-electron chi connectivity index (χ4n) is 1.83. The largest absolute Gasteiger partial charge is 0.258 e. The van der Waals surface area contributed by atoms with Crippen LogP contribution in [0.15, 0.2) is 12.2 Å². The van der Waals surface area contributed by atoms with E-state index in [1.54, 1.807) is 0 Å². The highest BCUT2D eigenvalue weighted by atomic mass is 14.5. The first-order valence-corrected chi connectivity index (χ1v) is 7.21. The molecule has 0 aromatic rings. The molecule has 0 aliphatic heterocycles. The smallest absolute Gasteiger partial charge is 0.00997 e. The summed E-state index contributed by atoms with van der Waals surface area (Å²) in [6, 6.07) is 0. The zero-order valence-corrected chi connectivity index (χ0v) is 11.1. The monoisotopic (exact) mass is 224 g/mol. The molecule has 0 unspecified atom stereocenters. The molecule has 0 aliphatic carbocycles. The average Bonchev–Trinajstić information content (AvgIpc) is 2.31. The van der Waals surface area contributed by atoms with Crippen molar-refractivity contribution in [1.29, 1.82) is 0 Å². The molecule has 16 heavy (non-hydrogen) atoms. The van der Waals surface area contributed by atoms with Crippen LogP contribution in [-0.2, 0) is 0 Å². The van der Waals surface area contributed by atoms with Gasteiger partial charge in [-0.05, 0) is 25.7 Å². The molecule has 1 nitrogen and oxygen atoms in total. The minimum atomic E-state index is 0.614. The Morgan fingerprint density at radius 1 is 0.688 bits per heavy atom. The molecule has 1 N–H and O–H groups in total.